The average Bonchev–Trinajstić information content (AvgIpc) is 2.53. The molecule has 0 atom stereocenters. The van der Waals surface area contributed by atoms with Crippen LogP contribution in [0.5, 0.6) is 0 Å². The molecule has 122 valence electrons. The number of aryl methyl sites for hydroxylation is 1. The van der Waals surface area contributed by atoms with E-state index in [1.165, 1.54) is 31.2 Å². The van der Waals surface area contributed by atoms with Crippen molar-refractivity contribution in [3.63, 3.8) is 0 Å². The SMILES string of the molecule is Cc1ccc(-c2ccc(-c3cc(F)c(C)c(F)c3)cc2F)c(F)c1. The van der Waals surface area contributed by atoms with Gasteiger partial charge in [0.05, 0.1) is 0 Å². The summed E-state index contributed by atoms with van der Waals surface area (Å²) < 4.78 is 55.8. The summed E-state index contributed by atoms with van der Waals surface area (Å²) in [4.78, 5) is 0. The molecule has 0 unspecified atom stereocenters. The Balaban J connectivity index is 2.07. The zero-order valence-electron chi connectivity index (χ0n) is 13.1. The second-order valence-electron chi connectivity index (χ2n) is 5.74. The Morgan fingerprint density at radius 2 is 1.04 bits per heavy atom. The predicted molar refractivity (Wildman–Crippen MR) is 86.6 cm³/mol. The molecule has 0 saturated carbocycles. The van der Waals surface area contributed by atoms with Crippen molar-refractivity contribution in [1.82, 2.24) is 0 Å². The standard InChI is InChI=1S/C20H14F4/c1-11-3-5-15(19(23)7-11)16-6-4-13(8-20(16)24)14-9-17(21)12(2)18(22)10-14/h3-10H,1-2H3. The van der Waals surface area contributed by atoms with E-state index in [9.17, 15) is 17.6 Å². The summed E-state index contributed by atoms with van der Waals surface area (Å²) in [5.41, 5.74) is 1.44. The van der Waals surface area contributed by atoms with Gasteiger partial charge in [0.25, 0.3) is 0 Å². The van der Waals surface area contributed by atoms with Crippen molar-refractivity contribution in [3.05, 3.63) is 82.9 Å². The fourth-order valence-electron chi connectivity index (χ4n) is 2.56. The molecule has 0 aliphatic rings. The van der Waals surface area contributed by atoms with Crippen LogP contribution < -0.4 is 0 Å². The van der Waals surface area contributed by atoms with E-state index in [0.29, 0.717) is 5.56 Å². The van der Waals surface area contributed by atoms with Crippen molar-refractivity contribution in [2.75, 3.05) is 0 Å². The van der Waals surface area contributed by atoms with Gasteiger partial charge < -0.3 is 0 Å². The van der Waals surface area contributed by atoms with E-state index < -0.39 is 23.3 Å². The molecule has 0 fully saturated rings. The maximum atomic E-state index is 14.4. The Morgan fingerprint density at radius 1 is 0.542 bits per heavy atom. The van der Waals surface area contributed by atoms with Crippen LogP contribution in [-0.2, 0) is 0 Å². The van der Waals surface area contributed by atoms with E-state index in [1.807, 2.05) is 0 Å². The van der Waals surface area contributed by atoms with Gasteiger partial charge in [-0.1, -0.05) is 24.3 Å². The molecule has 0 aliphatic carbocycles. The van der Waals surface area contributed by atoms with Gasteiger partial charge in [0.1, 0.15) is 23.3 Å². The van der Waals surface area contributed by atoms with Crippen molar-refractivity contribution in [2.45, 2.75) is 13.8 Å². The highest BCUT2D eigenvalue weighted by atomic mass is 19.1. The molecule has 0 N–H and O–H groups in total. The van der Waals surface area contributed by atoms with E-state index in [1.54, 1.807) is 13.0 Å². The van der Waals surface area contributed by atoms with Gasteiger partial charge in [0, 0.05) is 16.7 Å². The Labute approximate surface area is 137 Å². The summed E-state index contributed by atoms with van der Waals surface area (Å²) in [6, 6.07) is 10.9. The van der Waals surface area contributed by atoms with Crippen molar-refractivity contribution in [2.24, 2.45) is 0 Å². The first kappa shape index (κ1) is 16.2. The van der Waals surface area contributed by atoms with Crippen LogP contribution in [0.4, 0.5) is 17.6 Å². The van der Waals surface area contributed by atoms with E-state index in [-0.39, 0.29) is 22.3 Å². The molecule has 0 spiro atoms. The second-order valence-corrected chi connectivity index (χ2v) is 5.74. The molecule has 24 heavy (non-hydrogen) atoms. The average molecular weight is 330 g/mol. The summed E-state index contributed by atoms with van der Waals surface area (Å²) >= 11 is 0. The summed E-state index contributed by atoms with van der Waals surface area (Å²) in [6.45, 7) is 3.07. The van der Waals surface area contributed by atoms with Gasteiger partial charge >= 0.3 is 0 Å². The van der Waals surface area contributed by atoms with Crippen LogP contribution in [0.25, 0.3) is 22.3 Å². The lowest BCUT2D eigenvalue weighted by atomic mass is 9.98. The molecule has 0 nitrogen and oxygen atoms in total. The molecule has 0 aromatic heterocycles. The molecule has 0 bridgehead atoms. The van der Waals surface area contributed by atoms with Gasteiger partial charge in [-0.2, -0.15) is 0 Å². The van der Waals surface area contributed by atoms with Crippen LogP contribution in [-0.4, -0.2) is 0 Å². The predicted octanol–water partition coefficient (Wildman–Crippen LogP) is 6.19. The summed E-state index contributed by atoms with van der Waals surface area (Å²) in [5.74, 6) is -2.57. The lowest BCUT2D eigenvalue weighted by molar-refractivity contribution is 0.569. The van der Waals surface area contributed by atoms with Gasteiger partial charge in [0.15, 0.2) is 0 Å². The molecule has 3 aromatic rings. The third kappa shape index (κ3) is 2.92. The van der Waals surface area contributed by atoms with Crippen LogP contribution >= 0.6 is 0 Å². The summed E-state index contributed by atoms with van der Waals surface area (Å²) in [7, 11) is 0. The number of halogens is 4. The maximum Gasteiger partial charge on any atom is 0.131 e. The van der Waals surface area contributed by atoms with Crippen molar-refractivity contribution in [3.8, 4) is 22.3 Å². The minimum Gasteiger partial charge on any atom is -0.207 e. The monoisotopic (exact) mass is 330 g/mol. The fraction of sp³-hybridized carbons (Fsp3) is 0.100. The molecule has 0 amide bonds. The van der Waals surface area contributed by atoms with E-state index in [0.717, 1.165) is 23.8 Å². The molecule has 0 radical (unpaired) electrons. The molecule has 0 heterocycles. The number of hydrogen-bond donors (Lipinski definition) is 0. The molecular formula is C20H14F4. The smallest absolute Gasteiger partial charge is 0.131 e. The van der Waals surface area contributed by atoms with Gasteiger partial charge in [-0.3, -0.25) is 0 Å². The third-order valence-electron chi connectivity index (χ3n) is 4.00. The Bertz CT molecular complexity index is 906. The van der Waals surface area contributed by atoms with E-state index in [4.69, 9.17) is 0 Å². The van der Waals surface area contributed by atoms with Gasteiger partial charge in [-0.15, -0.1) is 0 Å². The van der Waals surface area contributed by atoms with Crippen molar-refractivity contribution < 1.29 is 17.6 Å². The third-order valence-corrected chi connectivity index (χ3v) is 4.00. The van der Waals surface area contributed by atoms with Crippen LogP contribution in [0, 0.1) is 37.1 Å². The molecule has 0 aliphatic heterocycles. The van der Waals surface area contributed by atoms with Gasteiger partial charge in [-0.05, 0) is 54.8 Å². The van der Waals surface area contributed by atoms with Crippen LogP contribution in [0.2, 0.25) is 0 Å². The normalized spacial score (nSPS) is 10.9. The van der Waals surface area contributed by atoms with Crippen LogP contribution in [0.15, 0.2) is 48.5 Å². The second kappa shape index (κ2) is 6.11. The minimum absolute atomic E-state index is 0.0856. The first-order valence-electron chi connectivity index (χ1n) is 7.39. The summed E-state index contributed by atoms with van der Waals surface area (Å²) in [6.07, 6.45) is 0. The number of rotatable bonds is 2. The molecule has 3 aromatic carbocycles. The molecule has 4 heteroatoms. The number of benzene rings is 3. The van der Waals surface area contributed by atoms with Crippen LogP contribution in [0.1, 0.15) is 11.1 Å². The lowest BCUT2D eigenvalue weighted by Gasteiger charge is -2.09. The first-order valence-corrected chi connectivity index (χ1v) is 7.39. The zero-order valence-corrected chi connectivity index (χ0v) is 13.1. The van der Waals surface area contributed by atoms with Gasteiger partial charge in [0.2, 0.25) is 0 Å². The summed E-state index contributed by atoms with van der Waals surface area (Å²) in [5, 5.41) is 0. The first-order chi connectivity index (χ1) is 11.4. The van der Waals surface area contributed by atoms with E-state index in [2.05, 4.69) is 0 Å². The highest BCUT2D eigenvalue weighted by Crippen LogP contribution is 2.31. The highest BCUT2D eigenvalue weighted by Gasteiger charge is 2.13. The van der Waals surface area contributed by atoms with Crippen molar-refractivity contribution in [1.29, 1.82) is 0 Å². The molecule has 0 saturated heterocycles. The Morgan fingerprint density at radius 3 is 1.58 bits per heavy atom. The van der Waals surface area contributed by atoms with E-state index >= 15 is 0 Å². The topological polar surface area (TPSA) is 0 Å². The largest absolute Gasteiger partial charge is 0.207 e. The van der Waals surface area contributed by atoms with Gasteiger partial charge in [-0.25, -0.2) is 17.6 Å². The lowest BCUT2D eigenvalue weighted by Crippen LogP contribution is -1.93. The quantitative estimate of drug-likeness (QED) is 0.491. The number of hydrogen-bond acceptors (Lipinski definition) is 0. The Kier molecular flexibility index (Phi) is 4.14. The van der Waals surface area contributed by atoms with Crippen molar-refractivity contribution >= 4 is 0 Å². The van der Waals surface area contributed by atoms with Crippen LogP contribution in [0.3, 0.4) is 0 Å². The molecule has 3 rings (SSSR count). The minimum atomic E-state index is -0.695. The maximum absolute atomic E-state index is 14.4. The fourth-order valence-corrected chi connectivity index (χ4v) is 2.56. The Hall–Kier alpha value is -2.62. The molecular weight excluding hydrogens is 316 g/mol. The zero-order chi connectivity index (χ0) is 17.4. The highest BCUT2D eigenvalue weighted by molar-refractivity contribution is 5.71.